The van der Waals surface area contributed by atoms with Crippen LogP contribution in [0.15, 0.2) is 24.3 Å². The second kappa shape index (κ2) is 13.4. The van der Waals surface area contributed by atoms with E-state index in [9.17, 15) is 19.2 Å². The van der Waals surface area contributed by atoms with Crippen LogP contribution in [0.1, 0.15) is 63.6 Å². The van der Waals surface area contributed by atoms with Crippen molar-refractivity contribution in [2.24, 2.45) is 11.5 Å². The minimum Gasteiger partial charge on any atom is -0.480 e. The summed E-state index contributed by atoms with van der Waals surface area (Å²) >= 11 is 0. The third kappa shape index (κ3) is 6.59. The standard InChI is InChI=1S/C30H43N7O5/c1-3-35-22(15-19-9-10-20(28(32)33)16-25(19)35)12-11-21-7-5-14-37(21)27(39)18-34-13-6-8-24(29(34)40)36(4-2)26(38)17-23(31)30(41)42/h9-10,15-16,21,23-24H,3-8,11-14,17-18,31H2,1-2H3,(H3,32,33)(H,41,42)/t21-,23-,24-/m0/s1. The molecule has 2 aliphatic heterocycles. The zero-order valence-electron chi connectivity index (χ0n) is 24.6. The van der Waals surface area contributed by atoms with Gasteiger partial charge in [-0.3, -0.25) is 24.6 Å². The number of piperidine rings is 1. The van der Waals surface area contributed by atoms with Gasteiger partial charge in [0.05, 0.1) is 13.0 Å². The number of nitrogen functional groups attached to an aromatic ring is 1. The summed E-state index contributed by atoms with van der Waals surface area (Å²) in [7, 11) is 0. The molecule has 0 unspecified atom stereocenters. The summed E-state index contributed by atoms with van der Waals surface area (Å²) in [6.45, 7) is 5.93. The number of rotatable bonds is 12. The molecule has 42 heavy (non-hydrogen) atoms. The molecule has 0 aliphatic carbocycles. The number of benzene rings is 1. The van der Waals surface area contributed by atoms with E-state index in [1.54, 1.807) is 11.8 Å². The molecular formula is C30H43N7O5. The molecule has 2 aliphatic rings. The van der Waals surface area contributed by atoms with Gasteiger partial charge in [-0.1, -0.05) is 12.1 Å². The second-order valence-electron chi connectivity index (χ2n) is 11.2. The van der Waals surface area contributed by atoms with Gasteiger partial charge < -0.3 is 35.8 Å². The van der Waals surface area contributed by atoms with Gasteiger partial charge in [-0.05, 0) is 69.9 Å². The summed E-state index contributed by atoms with van der Waals surface area (Å²) in [5.41, 5.74) is 14.2. The molecule has 1 aromatic carbocycles. The second-order valence-corrected chi connectivity index (χ2v) is 11.2. The Bertz CT molecular complexity index is 1360. The van der Waals surface area contributed by atoms with E-state index in [1.807, 2.05) is 23.1 Å². The summed E-state index contributed by atoms with van der Waals surface area (Å²) in [6.07, 6.45) is 4.16. The van der Waals surface area contributed by atoms with Crippen LogP contribution in [-0.4, -0.2) is 98.2 Å². The van der Waals surface area contributed by atoms with Gasteiger partial charge in [-0.2, -0.15) is 0 Å². The van der Waals surface area contributed by atoms with Gasteiger partial charge in [-0.15, -0.1) is 0 Å². The first kappa shape index (κ1) is 31.0. The fraction of sp³-hybridized carbons (Fsp3) is 0.567. The van der Waals surface area contributed by atoms with Gasteiger partial charge >= 0.3 is 5.97 Å². The normalized spacial score (nSPS) is 19.7. The van der Waals surface area contributed by atoms with Gasteiger partial charge in [0, 0.05) is 49.0 Å². The lowest BCUT2D eigenvalue weighted by Gasteiger charge is -2.39. The number of carboxylic acid groups (broad SMARTS) is 1. The molecule has 12 heteroatoms. The van der Waals surface area contributed by atoms with Crippen LogP contribution >= 0.6 is 0 Å². The third-order valence-corrected chi connectivity index (χ3v) is 8.63. The summed E-state index contributed by atoms with van der Waals surface area (Å²) < 4.78 is 2.24. The van der Waals surface area contributed by atoms with Crippen LogP contribution in [0.5, 0.6) is 0 Å². The Labute approximate surface area is 246 Å². The highest BCUT2D eigenvalue weighted by atomic mass is 16.4. The molecule has 2 fully saturated rings. The molecule has 0 saturated carbocycles. The molecule has 4 rings (SSSR count). The van der Waals surface area contributed by atoms with E-state index in [1.165, 1.54) is 10.6 Å². The van der Waals surface area contributed by atoms with E-state index in [2.05, 4.69) is 17.6 Å². The first-order valence-electron chi connectivity index (χ1n) is 14.9. The van der Waals surface area contributed by atoms with E-state index in [-0.39, 0.29) is 43.2 Å². The number of likely N-dealkylation sites (N-methyl/N-ethyl adjacent to an activating group) is 1. The maximum absolute atomic E-state index is 13.5. The van der Waals surface area contributed by atoms with E-state index >= 15 is 0 Å². The minimum atomic E-state index is -1.33. The van der Waals surface area contributed by atoms with Crippen molar-refractivity contribution in [3.05, 3.63) is 35.5 Å². The van der Waals surface area contributed by atoms with Crippen LogP contribution in [0.4, 0.5) is 0 Å². The number of hydrogen-bond acceptors (Lipinski definition) is 6. The van der Waals surface area contributed by atoms with Crippen molar-refractivity contribution in [2.45, 2.75) is 83.5 Å². The number of aryl methyl sites for hydroxylation is 2. The van der Waals surface area contributed by atoms with E-state index < -0.39 is 24.0 Å². The number of hydrogen-bond donors (Lipinski definition) is 4. The lowest BCUT2D eigenvalue weighted by molar-refractivity contribution is -0.152. The Morgan fingerprint density at radius 1 is 1.14 bits per heavy atom. The summed E-state index contributed by atoms with van der Waals surface area (Å²) in [5.74, 6) is -2.06. The van der Waals surface area contributed by atoms with Gasteiger partial charge in [0.25, 0.3) is 0 Å². The van der Waals surface area contributed by atoms with Gasteiger partial charge in [-0.25, -0.2) is 0 Å². The smallest absolute Gasteiger partial charge is 0.321 e. The average Bonchev–Trinajstić information content (AvgIpc) is 3.57. The van der Waals surface area contributed by atoms with Crippen molar-refractivity contribution in [1.82, 2.24) is 19.3 Å². The molecule has 3 atom stereocenters. The van der Waals surface area contributed by atoms with Crippen molar-refractivity contribution in [3.63, 3.8) is 0 Å². The van der Waals surface area contributed by atoms with Crippen molar-refractivity contribution in [2.75, 3.05) is 26.2 Å². The molecule has 0 bridgehead atoms. The van der Waals surface area contributed by atoms with Crippen molar-refractivity contribution in [3.8, 4) is 0 Å². The van der Waals surface area contributed by atoms with Crippen LogP contribution in [0.3, 0.4) is 0 Å². The molecule has 2 aromatic rings. The van der Waals surface area contributed by atoms with E-state index in [0.717, 1.165) is 43.1 Å². The number of aromatic nitrogens is 1. The van der Waals surface area contributed by atoms with Crippen molar-refractivity contribution in [1.29, 1.82) is 5.41 Å². The molecule has 3 heterocycles. The number of likely N-dealkylation sites (tertiary alicyclic amines) is 2. The number of nitrogens with one attached hydrogen (secondary N) is 1. The minimum absolute atomic E-state index is 0.0325. The summed E-state index contributed by atoms with van der Waals surface area (Å²) in [5, 5.41) is 17.9. The van der Waals surface area contributed by atoms with Crippen LogP contribution in [-0.2, 0) is 32.1 Å². The summed E-state index contributed by atoms with van der Waals surface area (Å²) in [6, 6.07) is 6.00. The van der Waals surface area contributed by atoms with E-state index in [4.69, 9.17) is 22.0 Å². The van der Waals surface area contributed by atoms with Crippen LogP contribution in [0.25, 0.3) is 10.9 Å². The van der Waals surface area contributed by atoms with Crippen molar-refractivity contribution >= 4 is 40.4 Å². The van der Waals surface area contributed by atoms with Gasteiger partial charge in [0.2, 0.25) is 17.7 Å². The molecule has 228 valence electrons. The molecule has 1 aromatic heterocycles. The summed E-state index contributed by atoms with van der Waals surface area (Å²) in [4.78, 5) is 55.6. The zero-order chi connectivity index (χ0) is 30.6. The van der Waals surface area contributed by atoms with Crippen LogP contribution < -0.4 is 11.5 Å². The SMILES string of the molecule is CCN(C(=O)C[C@H](N)C(=O)O)[C@H]1CCCN(CC(=O)N2CCC[C@H]2CCc2cc3ccc(C(=N)N)cc3n2CC)C1=O. The number of aliphatic carboxylic acids is 1. The first-order chi connectivity index (χ1) is 20.0. The number of nitrogens with two attached hydrogens (primary N) is 2. The van der Waals surface area contributed by atoms with Crippen LogP contribution in [0, 0.1) is 5.41 Å². The number of amidine groups is 1. The topological polar surface area (TPSA) is 179 Å². The maximum Gasteiger partial charge on any atom is 0.321 e. The zero-order valence-corrected chi connectivity index (χ0v) is 24.6. The number of carbonyl (C=O) groups is 4. The highest BCUT2D eigenvalue weighted by molar-refractivity contribution is 5.98. The molecule has 3 amide bonds. The molecular weight excluding hydrogens is 538 g/mol. The number of amides is 3. The molecule has 0 spiro atoms. The predicted molar refractivity (Wildman–Crippen MR) is 159 cm³/mol. The lowest BCUT2D eigenvalue weighted by Crippen LogP contribution is -2.57. The lowest BCUT2D eigenvalue weighted by atomic mass is 10.0. The van der Waals surface area contributed by atoms with E-state index in [0.29, 0.717) is 31.5 Å². The fourth-order valence-electron chi connectivity index (χ4n) is 6.42. The molecule has 0 radical (unpaired) electrons. The predicted octanol–water partition coefficient (Wildman–Crippen LogP) is 1.51. The highest BCUT2D eigenvalue weighted by Gasteiger charge is 2.38. The molecule has 2 saturated heterocycles. The number of nitrogens with zero attached hydrogens (tertiary/aromatic N) is 4. The Kier molecular flexibility index (Phi) is 9.87. The first-order valence-corrected chi connectivity index (χ1v) is 14.9. The monoisotopic (exact) mass is 581 g/mol. The number of fused-ring (bicyclic) bond motifs is 1. The molecule has 12 nitrogen and oxygen atoms in total. The van der Waals surface area contributed by atoms with Gasteiger partial charge in [0.15, 0.2) is 0 Å². The van der Waals surface area contributed by atoms with Gasteiger partial charge in [0.1, 0.15) is 17.9 Å². The number of carbonyl (C=O) groups excluding carboxylic acids is 3. The molecule has 6 N–H and O–H groups in total. The maximum atomic E-state index is 13.5. The Morgan fingerprint density at radius 3 is 2.55 bits per heavy atom. The number of carboxylic acids is 1. The van der Waals surface area contributed by atoms with Crippen LogP contribution in [0.2, 0.25) is 0 Å². The Balaban J connectivity index is 1.39. The quantitative estimate of drug-likeness (QED) is 0.217. The highest BCUT2D eigenvalue weighted by Crippen LogP contribution is 2.27. The largest absolute Gasteiger partial charge is 0.480 e. The average molecular weight is 582 g/mol. The van der Waals surface area contributed by atoms with Crippen molar-refractivity contribution < 1.29 is 24.3 Å². The Hall–Kier alpha value is -3.93. The third-order valence-electron chi connectivity index (χ3n) is 8.63. The fourth-order valence-corrected chi connectivity index (χ4v) is 6.42. The Morgan fingerprint density at radius 2 is 1.88 bits per heavy atom.